The fourth-order valence-electron chi connectivity index (χ4n) is 2.27. The number of benzene rings is 2. The maximum Gasteiger partial charge on any atom is 0.239 e. The quantitative estimate of drug-likeness (QED) is 0.764. The van der Waals surface area contributed by atoms with E-state index in [0.717, 1.165) is 10.6 Å². The van der Waals surface area contributed by atoms with Crippen molar-refractivity contribution in [1.29, 1.82) is 0 Å². The Bertz CT molecular complexity index is 854. The molecule has 8 heteroatoms. The summed E-state index contributed by atoms with van der Waals surface area (Å²) in [7, 11) is -3.70. The smallest absolute Gasteiger partial charge is 0.239 e. The van der Waals surface area contributed by atoms with Gasteiger partial charge in [0, 0.05) is 17.8 Å². The molecule has 0 fully saturated rings. The number of nitrogens with zero attached hydrogens (tertiary/aromatic N) is 1. The van der Waals surface area contributed by atoms with E-state index in [4.69, 9.17) is 4.74 Å². The first kappa shape index (κ1) is 19.9. The number of hydrogen-bond acceptors (Lipinski definition) is 4. The third-order valence-electron chi connectivity index (χ3n) is 3.54. The number of sulfonamides is 1. The van der Waals surface area contributed by atoms with E-state index < -0.39 is 28.3 Å². The van der Waals surface area contributed by atoms with Gasteiger partial charge in [0.2, 0.25) is 15.9 Å². The maximum absolute atomic E-state index is 13.8. The second-order valence-corrected chi connectivity index (χ2v) is 7.61. The Balaban J connectivity index is 2.06. The summed E-state index contributed by atoms with van der Waals surface area (Å²) in [4.78, 5) is 12.2. The molecule has 6 nitrogen and oxygen atoms in total. The van der Waals surface area contributed by atoms with Crippen molar-refractivity contribution < 1.29 is 22.3 Å². The molecule has 1 N–H and O–H groups in total. The lowest BCUT2D eigenvalue weighted by Gasteiger charge is -2.20. The number of ether oxygens (including phenoxy) is 1. The lowest BCUT2D eigenvalue weighted by molar-refractivity contribution is -0.116. The lowest BCUT2D eigenvalue weighted by Crippen LogP contribution is -2.37. The summed E-state index contributed by atoms with van der Waals surface area (Å²) >= 11 is 0. The molecule has 2 aromatic carbocycles. The minimum atomic E-state index is -3.70. The summed E-state index contributed by atoms with van der Waals surface area (Å²) in [5.41, 5.74) is 0.713. The van der Waals surface area contributed by atoms with Crippen LogP contribution in [0.2, 0.25) is 0 Å². The molecule has 0 aromatic heterocycles. The molecule has 2 aromatic rings. The van der Waals surface area contributed by atoms with Crippen LogP contribution in [0.4, 0.5) is 10.1 Å². The first-order chi connectivity index (χ1) is 12.3. The van der Waals surface area contributed by atoms with Crippen LogP contribution >= 0.6 is 0 Å². The summed E-state index contributed by atoms with van der Waals surface area (Å²) in [6, 6.07) is 12.6. The predicted molar refractivity (Wildman–Crippen MR) is 97.9 cm³/mol. The molecule has 0 saturated heterocycles. The molecule has 140 valence electrons. The number of rotatable bonds is 8. The van der Waals surface area contributed by atoms with Crippen LogP contribution in [0.3, 0.4) is 0 Å². The SMILES string of the molecule is CCOc1ccc(NC(=O)CN(Cc2ccccc2F)S(C)(=O)=O)cc1. The molecule has 0 aliphatic carbocycles. The Hall–Kier alpha value is -2.45. The molecule has 0 saturated carbocycles. The van der Waals surface area contributed by atoms with E-state index in [0.29, 0.717) is 18.0 Å². The Morgan fingerprint density at radius 3 is 2.38 bits per heavy atom. The largest absolute Gasteiger partial charge is 0.494 e. The Morgan fingerprint density at radius 1 is 1.15 bits per heavy atom. The van der Waals surface area contributed by atoms with E-state index >= 15 is 0 Å². The second kappa shape index (κ2) is 8.77. The van der Waals surface area contributed by atoms with Crippen LogP contribution in [0.25, 0.3) is 0 Å². The molecular weight excluding hydrogens is 359 g/mol. The monoisotopic (exact) mass is 380 g/mol. The van der Waals surface area contributed by atoms with Gasteiger partial charge in [-0.3, -0.25) is 4.79 Å². The summed E-state index contributed by atoms with van der Waals surface area (Å²) < 4.78 is 43.9. The average Bonchev–Trinajstić information content (AvgIpc) is 2.57. The molecule has 0 unspecified atom stereocenters. The van der Waals surface area contributed by atoms with Gasteiger partial charge in [0.25, 0.3) is 0 Å². The van der Waals surface area contributed by atoms with Crippen LogP contribution in [0.1, 0.15) is 12.5 Å². The van der Waals surface area contributed by atoms with Gasteiger partial charge < -0.3 is 10.1 Å². The highest BCUT2D eigenvalue weighted by Crippen LogP contribution is 2.16. The zero-order valence-corrected chi connectivity index (χ0v) is 15.4. The first-order valence-electron chi connectivity index (χ1n) is 8.01. The molecule has 26 heavy (non-hydrogen) atoms. The first-order valence-corrected chi connectivity index (χ1v) is 9.85. The fraction of sp³-hybridized carbons (Fsp3) is 0.278. The minimum absolute atomic E-state index is 0.201. The van der Waals surface area contributed by atoms with E-state index in [9.17, 15) is 17.6 Å². The van der Waals surface area contributed by atoms with Crippen molar-refractivity contribution in [2.24, 2.45) is 0 Å². The van der Waals surface area contributed by atoms with Crippen molar-refractivity contribution in [3.63, 3.8) is 0 Å². The van der Waals surface area contributed by atoms with Gasteiger partial charge >= 0.3 is 0 Å². The highest BCUT2D eigenvalue weighted by atomic mass is 32.2. The van der Waals surface area contributed by atoms with Gasteiger partial charge in [-0.1, -0.05) is 18.2 Å². The van der Waals surface area contributed by atoms with Gasteiger partial charge in [-0.15, -0.1) is 0 Å². The fourth-order valence-corrected chi connectivity index (χ4v) is 2.99. The van der Waals surface area contributed by atoms with Crippen molar-refractivity contribution in [3.8, 4) is 5.75 Å². The lowest BCUT2D eigenvalue weighted by atomic mass is 10.2. The van der Waals surface area contributed by atoms with Gasteiger partial charge in [-0.2, -0.15) is 4.31 Å². The highest BCUT2D eigenvalue weighted by Gasteiger charge is 2.21. The molecule has 0 bridgehead atoms. The van der Waals surface area contributed by atoms with Crippen molar-refractivity contribution in [3.05, 3.63) is 59.9 Å². The molecule has 0 heterocycles. The van der Waals surface area contributed by atoms with Crippen LogP contribution in [-0.4, -0.2) is 38.0 Å². The summed E-state index contributed by atoms with van der Waals surface area (Å²) in [5.74, 6) is -0.369. The Labute approximate surface area is 152 Å². The third kappa shape index (κ3) is 5.82. The van der Waals surface area contributed by atoms with Crippen molar-refractivity contribution in [2.45, 2.75) is 13.5 Å². The third-order valence-corrected chi connectivity index (χ3v) is 4.74. The van der Waals surface area contributed by atoms with E-state index in [-0.39, 0.29) is 12.1 Å². The number of anilines is 1. The maximum atomic E-state index is 13.8. The molecule has 0 atom stereocenters. The van der Waals surface area contributed by atoms with E-state index in [1.165, 1.54) is 18.2 Å². The standard InChI is InChI=1S/C18H21FN2O4S/c1-3-25-16-10-8-15(9-11-16)20-18(22)13-21(26(2,23)24)12-14-6-4-5-7-17(14)19/h4-11H,3,12-13H2,1-2H3,(H,20,22). The number of halogens is 1. The van der Waals surface area contributed by atoms with Gasteiger partial charge in [-0.05, 0) is 37.3 Å². The zero-order valence-electron chi connectivity index (χ0n) is 14.6. The van der Waals surface area contributed by atoms with Crippen LogP contribution in [0, 0.1) is 5.82 Å². The molecule has 0 spiro atoms. The van der Waals surface area contributed by atoms with Crippen molar-refractivity contribution >= 4 is 21.6 Å². The van der Waals surface area contributed by atoms with Crippen molar-refractivity contribution in [2.75, 3.05) is 24.7 Å². The number of nitrogens with one attached hydrogen (secondary N) is 1. The average molecular weight is 380 g/mol. The number of amides is 1. The van der Waals surface area contributed by atoms with Gasteiger partial charge in [0.1, 0.15) is 11.6 Å². The van der Waals surface area contributed by atoms with Crippen LogP contribution in [-0.2, 0) is 21.4 Å². The zero-order chi connectivity index (χ0) is 19.2. The molecule has 1 amide bonds. The molecule has 2 rings (SSSR count). The van der Waals surface area contributed by atoms with E-state index in [2.05, 4.69) is 5.32 Å². The topological polar surface area (TPSA) is 75.7 Å². The number of hydrogen-bond donors (Lipinski definition) is 1. The van der Waals surface area contributed by atoms with Crippen LogP contribution in [0.15, 0.2) is 48.5 Å². The second-order valence-electron chi connectivity index (χ2n) is 5.63. The molecule has 0 aliphatic heterocycles. The van der Waals surface area contributed by atoms with E-state index in [1.54, 1.807) is 30.3 Å². The van der Waals surface area contributed by atoms with Gasteiger partial charge in [-0.25, -0.2) is 12.8 Å². The number of carbonyl (C=O) groups is 1. The number of carbonyl (C=O) groups excluding carboxylic acids is 1. The minimum Gasteiger partial charge on any atom is -0.494 e. The van der Waals surface area contributed by atoms with Gasteiger partial charge in [0.05, 0.1) is 19.4 Å². The Morgan fingerprint density at radius 2 is 1.81 bits per heavy atom. The van der Waals surface area contributed by atoms with E-state index in [1.807, 2.05) is 6.92 Å². The summed E-state index contributed by atoms with van der Waals surface area (Å²) in [6.07, 6.45) is 0.984. The highest BCUT2D eigenvalue weighted by molar-refractivity contribution is 7.88. The summed E-state index contributed by atoms with van der Waals surface area (Å²) in [6.45, 7) is 1.76. The molecular formula is C18H21FN2O4S. The normalized spacial score (nSPS) is 11.4. The molecule has 0 radical (unpaired) electrons. The Kier molecular flexibility index (Phi) is 6.70. The van der Waals surface area contributed by atoms with Gasteiger partial charge in [0.15, 0.2) is 0 Å². The van der Waals surface area contributed by atoms with Crippen LogP contribution < -0.4 is 10.1 Å². The predicted octanol–water partition coefficient (Wildman–Crippen LogP) is 2.62. The van der Waals surface area contributed by atoms with Crippen molar-refractivity contribution in [1.82, 2.24) is 4.31 Å². The summed E-state index contributed by atoms with van der Waals surface area (Å²) in [5, 5.41) is 2.62. The molecule has 0 aliphatic rings. The van der Waals surface area contributed by atoms with Crippen LogP contribution in [0.5, 0.6) is 5.75 Å².